The van der Waals surface area contributed by atoms with E-state index in [9.17, 15) is 8.42 Å². The van der Waals surface area contributed by atoms with Gasteiger partial charge in [0.15, 0.2) is 5.69 Å². The lowest BCUT2D eigenvalue weighted by Crippen LogP contribution is -2.36. The third-order valence-electron chi connectivity index (χ3n) is 5.83. The number of aryl methyl sites for hydroxylation is 3. The number of aromatic nitrogens is 4. The summed E-state index contributed by atoms with van der Waals surface area (Å²) in [5, 5.41) is 8.68. The fourth-order valence-electron chi connectivity index (χ4n) is 4.09. The zero-order valence-corrected chi connectivity index (χ0v) is 18.9. The van der Waals surface area contributed by atoms with E-state index in [1.165, 1.54) is 4.31 Å². The van der Waals surface area contributed by atoms with Gasteiger partial charge in [-0.25, -0.2) is 8.42 Å². The second kappa shape index (κ2) is 7.68. The molecule has 1 aliphatic rings. The van der Waals surface area contributed by atoms with Crippen LogP contribution in [0.2, 0.25) is 0 Å². The third kappa shape index (κ3) is 3.43. The maximum absolute atomic E-state index is 13.5. The van der Waals surface area contributed by atoms with Crippen LogP contribution in [0, 0.1) is 13.8 Å². The number of fused-ring (bicyclic) bond motifs is 1. The molecular weight excluding hydrogens is 426 g/mol. The van der Waals surface area contributed by atoms with E-state index in [2.05, 4.69) is 15.2 Å². The van der Waals surface area contributed by atoms with Crippen molar-refractivity contribution in [1.82, 2.24) is 24.2 Å². The van der Waals surface area contributed by atoms with Crippen LogP contribution in [-0.2, 0) is 30.0 Å². The van der Waals surface area contributed by atoms with Crippen molar-refractivity contribution in [2.45, 2.75) is 31.7 Å². The molecule has 1 aliphatic heterocycles. The predicted molar refractivity (Wildman–Crippen MR) is 119 cm³/mol. The van der Waals surface area contributed by atoms with E-state index in [-0.39, 0.29) is 12.4 Å². The van der Waals surface area contributed by atoms with Gasteiger partial charge in [-0.2, -0.15) is 14.4 Å². The monoisotopic (exact) mass is 449 g/mol. The summed E-state index contributed by atoms with van der Waals surface area (Å²) in [6, 6.07) is 15.0. The van der Waals surface area contributed by atoms with Crippen LogP contribution in [0.4, 0.5) is 0 Å². The molecule has 0 amide bonds. The maximum atomic E-state index is 13.5. The Morgan fingerprint density at radius 1 is 1.06 bits per heavy atom. The Morgan fingerprint density at radius 3 is 2.62 bits per heavy atom. The molecule has 9 heteroatoms. The largest absolute Gasteiger partial charge is 0.332 e. The van der Waals surface area contributed by atoms with Crippen LogP contribution in [0.1, 0.15) is 22.4 Å². The van der Waals surface area contributed by atoms with E-state index in [4.69, 9.17) is 4.52 Å². The highest BCUT2D eigenvalue weighted by Crippen LogP contribution is 2.33. The van der Waals surface area contributed by atoms with Gasteiger partial charge in [0.1, 0.15) is 0 Å². The Balaban J connectivity index is 1.52. The Labute approximate surface area is 186 Å². The third-order valence-corrected chi connectivity index (χ3v) is 7.82. The maximum Gasteiger partial charge on any atom is 0.279 e. The Morgan fingerprint density at radius 2 is 1.84 bits per heavy atom. The van der Waals surface area contributed by atoms with Gasteiger partial charge in [-0.15, -0.1) is 0 Å². The summed E-state index contributed by atoms with van der Waals surface area (Å²) in [5.74, 6) is 0.752. The molecule has 0 unspecified atom stereocenters. The number of sulfonamides is 1. The van der Waals surface area contributed by atoms with E-state index >= 15 is 0 Å². The van der Waals surface area contributed by atoms with Gasteiger partial charge in [0.25, 0.3) is 5.89 Å². The van der Waals surface area contributed by atoms with Crippen molar-refractivity contribution in [1.29, 1.82) is 0 Å². The molecule has 2 aromatic carbocycles. The zero-order valence-electron chi connectivity index (χ0n) is 18.1. The van der Waals surface area contributed by atoms with Crippen LogP contribution in [0.3, 0.4) is 0 Å². The number of benzene rings is 2. The average molecular weight is 450 g/mol. The highest BCUT2D eigenvalue weighted by atomic mass is 32.2. The molecule has 3 heterocycles. The smallest absolute Gasteiger partial charge is 0.279 e. The van der Waals surface area contributed by atoms with Gasteiger partial charge in [-0.05, 0) is 31.0 Å². The second-order valence-corrected chi connectivity index (χ2v) is 9.95. The minimum Gasteiger partial charge on any atom is -0.332 e. The van der Waals surface area contributed by atoms with Crippen LogP contribution >= 0.6 is 0 Å². The molecule has 0 saturated heterocycles. The van der Waals surface area contributed by atoms with Crippen molar-refractivity contribution in [3.63, 3.8) is 0 Å². The molecule has 0 N–H and O–H groups in total. The van der Waals surface area contributed by atoms with Crippen LogP contribution in [0.5, 0.6) is 0 Å². The Kier molecular flexibility index (Phi) is 4.94. The SMILES string of the molecule is Cc1ccc(C)c(S(=O)(=O)N2CCc3c(c(-c4nc(-c5ccccc5)no4)nn3C)C2)c1. The van der Waals surface area contributed by atoms with Crippen LogP contribution < -0.4 is 0 Å². The first kappa shape index (κ1) is 20.6. The van der Waals surface area contributed by atoms with Crippen molar-refractivity contribution in [2.75, 3.05) is 6.54 Å². The van der Waals surface area contributed by atoms with Crippen molar-refractivity contribution in [3.8, 4) is 23.0 Å². The molecule has 164 valence electrons. The fraction of sp³-hybridized carbons (Fsp3) is 0.261. The van der Waals surface area contributed by atoms with Gasteiger partial charge < -0.3 is 4.52 Å². The predicted octanol–water partition coefficient (Wildman–Crippen LogP) is 3.50. The van der Waals surface area contributed by atoms with E-state index < -0.39 is 10.0 Å². The molecule has 0 aliphatic carbocycles. The molecule has 8 nitrogen and oxygen atoms in total. The first-order valence-corrected chi connectivity index (χ1v) is 11.8. The average Bonchev–Trinajstić information content (AvgIpc) is 3.41. The first-order valence-electron chi connectivity index (χ1n) is 10.4. The van der Waals surface area contributed by atoms with E-state index in [0.717, 1.165) is 27.9 Å². The van der Waals surface area contributed by atoms with Gasteiger partial charge in [0.2, 0.25) is 15.8 Å². The summed E-state index contributed by atoms with van der Waals surface area (Å²) in [4.78, 5) is 4.86. The molecule has 5 rings (SSSR count). The normalized spacial score (nSPS) is 14.5. The van der Waals surface area contributed by atoms with Gasteiger partial charge in [-0.1, -0.05) is 47.6 Å². The summed E-state index contributed by atoms with van der Waals surface area (Å²) in [5.41, 5.74) is 4.79. The minimum atomic E-state index is -3.66. The molecule has 32 heavy (non-hydrogen) atoms. The molecule has 4 aromatic rings. The highest BCUT2D eigenvalue weighted by Gasteiger charge is 2.34. The van der Waals surface area contributed by atoms with Crippen LogP contribution in [0.15, 0.2) is 57.9 Å². The lowest BCUT2D eigenvalue weighted by molar-refractivity contribution is 0.385. The lowest BCUT2D eigenvalue weighted by atomic mass is 10.1. The quantitative estimate of drug-likeness (QED) is 0.473. The first-order chi connectivity index (χ1) is 15.3. The van der Waals surface area contributed by atoms with E-state index in [1.54, 1.807) is 10.7 Å². The zero-order chi connectivity index (χ0) is 22.5. The van der Waals surface area contributed by atoms with Crippen molar-refractivity contribution in [3.05, 3.63) is 70.9 Å². The summed E-state index contributed by atoms with van der Waals surface area (Å²) < 4.78 is 35.7. The van der Waals surface area contributed by atoms with E-state index in [0.29, 0.717) is 29.4 Å². The number of rotatable bonds is 4. The van der Waals surface area contributed by atoms with Crippen LogP contribution in [-0.4, -0.2) is 39.2 Å². The molecule has 0 atom stereocenters. The van der Waals surface area contributed by atoms with Gasteiger partial charge in [0.05, 0.1) is 4.90 Å². The Hall–Kier alpha value is -3.30. The van der Waals surface area contributed by atoms with Gasteiger partial charge >= 0.3 is 0 Å². The summed E-state index contributed by atoms with van der Waals surface area (Å²) in [7, 11) is -1.80. The molecule has 0 saturated carbocycles. The number of nitrogens with zero attached hydrogens (tertiary/aromatic N) is 5. The van der Waals surface area contributed by atoms with Gasteiger partial charge in [0, 0.05) is 43.4 Å². The van der Waals surface area contributed by atoms with Crippen molar-refractivity contribution in [2.24, 2.45) is 7.05 Å². The second-order valence-electron chi connectivity index (χ2n) is 8.04. The number of hydrogen-bond acceptors (Lipinski definition) is 6. The molecule has 0 spiro atoms. The topological polar surface area (TPSA) is 94.1 Å². The molecule has 0 fully saturated rings. The molecule has 2 aromatic heterocycles. The van der Waals surface area contributed by atoms with E-state index in [1.807, 2.05) is 63.4 Å². The minimum absolute atomic E-state index is 0.206. The summed E-state index contributed by atoms with van der Waals surface area (Å²) in [6.07, 6.45) is 0.558. The Bertz CT molecular complexity index is 1410. The summed E-state index contributed by atoms with van der Waals surface area (Å²) in [6.45, 7) is 4.31. The van der Waals surface area contributed by atoms with Crippen molar-refractivity contribution >= 4 is 10.0 Å². The summed E-state index contributed by atoms with van der Waals surface area (Å²) >= 11 is 0. The molecule has 0 radical (unpaired) electrons. The lowest BCUT2D eigenvalue weighted by Gasteiger charge is -2.27. The molecule has 0 bridgehead atoms. The molecular formula is C23H23N5O3S. The van der Waals surface area contributed by atoms with Crippen LogP contribution in [0.25, 0.3) is 23.0 Å². The highest BCUT2D eigenvalue weighted by molar-refractivity contribution is 7.89. The fourth-order valence-corrected chi connectivity index (χ4v) is 5.81. The standard InChI is InChI=1S/C23H23N5O3S/c1-15-9-10-16(2)20(13-15)32(29,30)28-12-11-19-18(14-28)21(25-27(19)3)23-24-22(26-31-23)17-7-5-4-6-8-17/h4-10,13H,11-12,14H2,1-3H3. The van der Waals surface area contributed by atoms with Crippen molar-refractivity contribution < 1.29 is 12.9 Å². The van der Waals surface area contributed by atoms with Gasteiger partial charge in [-0.3, -0.25) is 4.68 Å². The number of hydrogen-bond donors (Lipinski definition) is 0.